The molecular formula is C51H76N6O11. The molecule has 1 N–H and O–H groups in total. The van der Waals surface area contributed by atoms with Crippen LogP contribution in [0.1, 0.15) is 66.7 Å². The molecule has 1 unspecified atom stereocenters. The molecule has 0 radical (unpaired) electrons. The minimum Gasteiger partial charge on any atom is -0.497 e. The summed E-state index contributed by atoms with van der Waals surface area (Å²) in [5.41, 5.74) is 1.84. The quantitative estimate of drug-likeness (QED) is 0.0420. The third-order valence-corrected chi connectivity index (χ3v) is 11.1. The lowest BCUT2D eigenvalue weighted by Gasteiger charge is -2.36. The lowest BCUT2D eigenvalue weighted by molar-refractivity contribution is -0.142. The SMILES string of the molecule is C=CCCC(C(=O)NC)N(C)C.CCOC(=O)CC.COc1ccc(Oc2ccc(OC3CCN(CCOCCOCCOCCN4CCN(c5ccc(C=O)c(C=O)c5)CC4)CC3)cn2)cc1. The summed E-state index contributed by atoms with van der Waals surface area (Å²) in [6.45, 7) is 18.6. The van der Waals surface area contributed by atoms with Crippen LogP contribution >= 0.6 is 0 Å². The number of nitrogens with one attached hydrogen (secondary N) is 1. The molecule has 0 aliphatic carbocycles. The molecule has 2 fully saturated rings. The van der Waals surface area contributed by atoms with Gasteiger partial charge in [0.15, 0.2) is 12.6 Å². The van der Waals surface area contributed by atoms with Crippen LogP contribution in [-0.2, 0) is 28.5 Å². The minimum absolute atomic E-state index is 0.0343. The average Bonchev–Trinajstić information content (AvgIpc) is 3.37. The van der Waals surface area contributed by atoms with Gasteiger partial charge in [0.05, 0.1) is 65.6 Å². The molecule has 2 aromatic carbocycles. The van der Waals surface area contributed by atoms with Crippen molar-refractivity contribution in [3.05, 3.63) is 84.6 Å². The highest BCUT2D eigenvalue weighted by atomic mass is 16.5. The highest BCUT2D eigenvalue weighted by Gasteiger charge is 2.21. The number of rotatable bonds is 27. The number of nitrogens with zero attached hydrogens (tertiary/aromatic N) is 5. The Kier molecular flexibility index (Phi) is 28.4. The van der Waals surface area contributed by atoms with Crippen molar-refractivity contribution in [3.8, 4) is 23.1 Å². The van der Waals surface area contributed by atoms with Crippen LogP contribution in [0.15, 0.2) is 73.4 Å². The van der Waals surface area contributed by atoms with E-state index in [9.17, 15) is 19.2 Å². The van der Waals surface area contributed by atoms with Gasteiger partial charge < -0.3 is 48.3 Å². The number of aromatic nitrogens is 1. The standard InChI is InChI=1S/C37H48N4O8.C9H18N2O.C5H10O2/c1-44-33-4-6-34(7-5-33)49-37-9-8-36(27-38-37)48-35-10-12-39(13-11-35)18-20-45-22-24-47-25-23-46-21-19-40-14-16-41(17-15-40)32-3-2-30(28-42)31(26-32)29-43;1-5-6-7-8(11(3)4)9(12)10-2;1-3-5(6)7-4-2/h2-9,26-29,35H,10-25H2,1H3;5,8H,1,6-7H2,2-4H3,(H,10,12);3-4H2,1-2H3. The topological polar surface area (TPSA) is 171 Å². The zero-order valence-corrected chi connectivity index (χ0v) is 41.2. The zero-order chi connectivity index (χ0) is 49.4. The number of allylic oxidation sites excluding steroid dienone is 1. The summed E-state index contributed by atoms with van der Waals surface area (Å²) < 4.78 is 38.9. The molecule has 2 aliphatic rings. The summed E-state index contributed by atoms with van der Waals surface area (Å²) in [6, 6.07) is 16.5. The van der Waals surface area contributed by atoms with Crippen molar-refractivity contribution in [1.82, 2.24) is 25.0 Å². The van der Waals surface area contributed by atoms with Gasteiger partial charge in [-0.3, -0.25) is 29.0 Å². The van der Waals surface area contributed by atoms with Crippen molar-refractivity contribution in [2.75, 3.05) is 132 Å². The molecule has 1 atom stereocenters. The fourth-order valence-corrected chi connectivity index (χ4v) is 7.16. The number of anilines is 1. The minimum atomic E-state index is -0.123. The zero-order valence-electron chi connectivity index (χ0n) is 41.2. The Hall–Kier alpha value is -5.43. The van der Waals surface area contributed by atoms with Gasteiger partial charge in [-0.25, -0.2) is 4.98 Å². The van der Waals surface area contributed by atoms with Crippen LogP contribution in [0.3, 0.4) is 0 Å². The van der Waals surface area contributed by atoms with E-state index >= 15 is 0 Å². The first-order valence-electron chi connectivity index (χ1n) is 23.6. The van der Waals surface area contributed by atoms with Gasteiger partial charge in [-0.1, -0.05) is 13.0 Å². The van der Waals surface area contributed by atoms with Crippen LogP contribution in [0.2, 0.25) is 0 Å². The molecule has 5 rings (SSSR count). The Bertz CT molecular complexity index is 1870. The van der Waals surface area contributed by atoms with Gasteiger partial charge in [0, 0.05) is 88.7 Å². The lowest BCUT2D eigenvalue weighted by Crippen LogP contribution is -2.47. The highest BCUT2D eigenvalue weighted by molar-refractivity contribution is 5.91. The first-order chi connectivity index (χ1) is 33.1. The van der Waals surface area contributed by atoms with Crippen LogP contribution < -0.4 is 24.4 Å². The number of carbonyl (C=O) groups excluding carboxylic acids is 4. The van der Waals surface area contributed by atoms with Gasteiger partial charge in [0.1, 0.15) is 23.4 Å². The van der Waals surface area contributed by atoms with E-state index < -0.39 is 0 Å². The van der Waals surface area contributed by atoms with Crippen LogP contribution in [0.5, 0.6) is 23.1 Å². The number of methoxy groups -OCH3 is 1. The summed E-state index contributed by atoms with van der Waals surface area (Å²) in [5, 5.41) is 2.64. The molecule has 0 spiro atoms. The van der Waals surface area contributed by atoms with E-state index in [0.29, 0.717) is 75.4 Å². The number of aldehydes is 2. The number of likely N-dealkylation sites (N-methyl/N-ethyl adjacent to an activating group) is 2. The smallest absolute Gasteiger partial charge is 0.305 e. The molecular weight excluding hydrogens is 873 g/mol. The second kappa shape index (κ2) is 33.9. The van der Waals surface area contributed by atoms with E-state index in [2.05, 4.69) is 36.3 Å². The fourth-order valence-electron chi connectivity index (χ4n) is 7.16. The van der Waals surface area contributed by atoms with E-state index in [4.69, 9.17) is 28.4 Å². The van der Waals surface area contributed by atoms with Crippen molar-refractivity contribution in [2.24, 2.45) is 0 Å². The van der Waals surface area contributed by atoms with Gasteiger partial charge in [-0.05, 0) is 95.2 Å². The van der Waals surface area contributed by atoms with E-state index in [1.807, 2.05) is 67.5 Å². The van der Waals surface area contributed by atoms with Gasteiger partial charge in [0.2, 0.25) is 11.8 Å². The number of piperidine rings is 1. The Labute approximate surface area is 404 Å². The monoisotopic (exact) mass is 949 g/mol. The van der Waals surface area contributed by atoms with Crippen molar-refractivity contribution >= 4 is 30.1 Å². The average molecular weight is 949 g/mol. The third-order valence-electron chi connectivity index (χ3n) is 11.1. The number of amides is 1. The highest BCUT2D eigenvalue weighted by Crippen LogP contribution is 2.25. The Balaban J connectivity index is 0.000000540. The number of pyridine rings is 1. The van der Waals surface area contributed by atoms with Crippen LogP contribution in [0, 0.1) is 0 Å². The summed E-state index contributed by atoms with van der Waals surface area (Å²) in [5.74, 6) is 2.69. The number of esters is 1. The van der Waals surface area contributed by atoms with E-state index in [-0.39, 0.29) is 24.0 Å². The van der Waals surface area contributed by atoms with Gasteiger partial charge >= 0.3 is 5.97 Å². The van der Waals surface area contributed by atoms with Crippen LogP contribution in [0.25, 0.3) is 0 Å². The van der Waals surface area contributed by atoms with Gasteiger partial charge in [0.25, 0.3) is 0 Å². The second-order valence-electron chi connectivity index (χ2n) is 16.1. The predicted octanol–water partition coefficient (Wildman–Crippen LogP) is 5.81. The molecule has 2 aliphatic heterocycles. The second-order valence-corrected chi connectivity index (χ2v) is 16.1. The van der Waals surface area contributed by atoms with Crippen molar-refractivity contribution in [3.63, 3.8) is 0 Å². The molecule has 3 heterocycles. The maximum absolute atomic E-state index is 11.3. The van der Waals surface area contributed by atoms with Gasteiger partial charge in [-0.15, -0.1) is 6.58 Å². The van der Waals surface area contributed by atoms with Crippen molar-refractivity contribution in [2.45, 2.75) is 58.1 Å². The largest absolute Gasteiger partial charge is 0.497 e. The number of piperazine rings is 1. The predicted molar refractivity (Wildman–Crippen MR) is 264 cm³/mol. The lowest BCUT2D eigenvalue weighted by atomic mass is 10.1. The molecule has 376 valence electrons. The molecule has 0 saturated carbocycles. The maximum Gasteiger partial charge on any atom is 0.305 e. The molecule has 0 bridgehead atoms. The first kappa shape index (κ1) is 56.9. The summed E-state index contributed by atoms with van der Waals surface area (Å²) in [7, 11) is 7.11. The van der Waals surface area contributed by atoms with Crippen LogP contribution in [-0.4, -0.2) is 183 Å². The number of hydrogen-bond donors (Lipinski definition) is 1. The molecule has 1 aromatic heterocycles. The fraction of sp³-hybridized carbons (Fsp3) is 0.549. The van der Waals surface area contributed by atoms with Crippen molar-refractivity contribution < 1.29 is 52.3 Å². The van der Waals surface area contributed by atoms with Crippen molar-refractivity contribution in [1.29, 1.82) is 0 Å². The Morgan fingerprint density at radius 1 is 0.794 bits per heavy atom. The summed E-state index contributed by atoms with van der Waals surface area (Å²) in [6.07, 6.45) is 9.28. The number of hydrogen-bond acceptors (Lipinski definition) is 16. The number of carbonyl (C=O) groups is 4. The first-order valence-corrected chi connectivity index (χ1v) is 23.6. The van der Waals surface area contributed by atoms with E-state index in [1.165, 1.54) is 0 Å². The maximum atomic E-state index is 11.3. The Morgan fingerprint density at radius 2 is 1.38 bits per heavy atom. The normalized spacial score (nSPS) is 14.6. The van der Waals surface area contributed by atoms with Gasteiger partial charge in [-0.2, -0.15) is 0 Å². The number of ether oxygens (including phenoxy) is 7. The Morgan fingerprint density at radius 3 is 1.88 bits per heavy atom. The summed E-state index contributed by atoms with van der Waals surface area (Å²) in [4.78, 5) is 57.1. The number of benzene rings is 2. The summed E-state index contributed by atoms with van der Waals surface area (Å²) >= 11 is 0. The van der Waals surface area contributed by atoms with E-state index in [0.717, 1.165) is 108 Å². The molecule has 68 heavy (non-hydrogen) atoms. The molecule has 3 aromatic rings. The molecule has 1 amide bonds. The third kappa shape index (κ3) is 22.1. The number of likely N-dealkylation sites (tertiary alicyclic amines) is 1. The van der Waals surface area contributed by atoms with E-state index in [1.54, 1.807) is 46.3 Å². The molecule has 2 saturated heterocycles. The van der Waals surface area contributed by atoms with Crippen LogP contribution in [0.4, 0.5) is 5.69 Å². The molecule has 17 nitrogen and oxygen atoms in total. The molecule has 17 heteroatoms.